The van der Waals surface area contributed by atoms with Crippen molar-refractivity contribution < 1.29 is 14.7 Å². The van der Waals surface area contributed by atoms with Gasteiger partial charge in [0, 0.05) is 18.0 Å². The van der Waals surface area contributed by atoms with Gasteiger partial charge in [0.05, 0.1) is 5.69 Å². The molecule has 0 spiro atoms. The molecule has 0 aliphatic heterocycles. The maximum atomic E-state index is 8.69. The summed E-state index contributed by atoms with van der Waals surface area (Å²) in [5.41, 5.74) is 1.79. The minimum absolute atomic E-state index is 0.377. The van der Waals surface area contributed by atoms with Crippen LogP contribution in [0.4, 0.5) is 0 Å². The van der Waals surface area contributed by atoms with Crippen molar-refractivity contribution in [3.05, 3.63) is 42.2 Å². The molecule has 0 saturated heterocycles. The van der Waals surface area contributed by atoms with E-state index in [9.17, 15) is 0 Å². The highest BCUT2D eigenvalue weighted by molar-refractivity contribution is 6.33. The Morgan fingerprint density at radius 2 is 2.12 bits per heavy atom. The number of aromatic nitrogens is 2. The molecule has 0 unspecified atom stereocenters. The van der Waals surface area contributed by atoms with Gasteiger partial charge < -0.3 is 14.7 Å². The van der Waals surface area contributed by atoms with Crippen molar-refractivity contribution in [1.82, 2.24) is 9.78 Å². The maximum Gasteiger partial charge on any atom is 0.707 e. The zero-order valence-electron chi connectivity index (χ0n) is 8.74. The SMILES string of the molecule is Cc1ccnn1-c1cccc(OB(O)O)c1. The Hall–Kier alpha value is -1.79. The van der Waals surface area contributed by atoms with Gasteiger partial charge in [0.1, 0.15) is 5.75 Å². The molecule has 16 heavy (non-hydrogen) atoms. The molecule has 6 heteroatoms. The monoisotopic (exact) mass is 218 g/mol. The van der Waals surface area contributed by atoms with Crippen LogP contribution in [0.25, 0.3) is 5.69 Å². The first-order chi connectivity index (χ1) is 7.66. The molecule has 0 amide bonds. The molecular formula is C10H11BN2O3. The quantitative estimate of drug-likeness (QED) is 0.737. The molecular weight excluding hydrogens is 207 g/mol. The summed E-state index contributed by atoms with van der Waals surface area (Å²) < 4.78 is 6.50. The molecule has 1 aromatic heterocycles. The van der Waals surface area contributed by atoms with Crippen molar-refractivity contribution in [2.75, 3.05) is 0 Å². The molecule has 2 N–H and O–H groups in total. The first-order valence-corrected chi connectivity index (χ1v) is 4.81. The molecule has 0 aliphatic carbocycles. The summed E-state index contributed by atoms with van der Waals surface area (Å²) in [4.78, 5) is 0. The largest absolute Gasteiger partial charge is 0.707 e. The Labute approximate surface area is 93.1 Å². The van der Waals surface area contributed by atoms with Crippen LogP contribution >= 0.6 is 0 Å². The number of aryl methyl sites for hydroxylation is 1. The molecule has 0 fully saturated rings. The van der Waals surface area contributed by atoms with Gasteiger partial charge in [0.2, 0.25) is 0 Å². The number of benzene rings is 1. The van der Waals surface area contributed by atoms with Crippen molar-refractivity contribution in [2.45, 2.75) is 6.92 Å². The van der Waals surface area contributed by atoms with Crippen molar-refractivity contribution in [3.63, 3.8) is 0 Å². The maximum absolute atomic E-state index is 8.69. The molecule has 2 aromatic rings. The lowest BCUT2D eigenvalue weighted by Gasteiger charge is -2.08. The van der Waals surface area contributed by atoms with Crippen LogP contribution in [0.1, 0.15) is 5.69 Å². The van der Waals surface area contributed by atoms with E-state index in [0.717, 1.165) is 11.4 Å². The van der Waals surface area contributed by atoms with Gasteiger partial charge in [-0.15, -0.1) is 0 Å². The third kappa shape index (κ3) is 2.24. The van der Waals surface area contributed by atoms with Crippen LogP contribution < -0.4 is 4.65 Å². The Morgan fingerprint density at radius 3 is 2.75 bits per heavy atom. The second-order valence-corrected chi connectivity index (χ2v) is 3.33. The lowest BCUT2D eigenvalue weighted by molar-refractivity contribution is 0.288. The lowest BCUT2D eigenvalue weighted by Crippen LogP contribution is -2.20. The highest BCUT2D eigenvalue weighted by Crippen LogP contribution is 2.17. The first kappa shape index (κ1) is 10.7. The normalized spacial score (nSPS) is 10.2. The molecule has 1 aromatic carbocycles. The summed E-state index contributed by atoms with van der Waals surface area (Å²) in [7, 11) is -1.81. The highest BCUT2D eigenvalue weighted by Gasteiger charge is 2.11. The number of nitrogens with zero attached hydrogens (tertiary/aromatic N) is 2. The van der Waals surface area contributed by atoms with Crippen molar-refractivity contribution in [3.8, 4) is 11.4 Å². The first-order valence-electron chi connectivity index (χ1n) is 4.81. The van der Waals surface area contributed by atoms with Gasteiger partial charge in [-0.2, -0.15) is 5.10 Å². The van der Waals surface area contributed by atoms with E-state index in [-0.39, 0.29) is 0 Å². The van der Waals surface area contributed by atoms with E-state index in [4.69, 9.17) is 14.7 Å². The fourth-order valence-corrected chi connectivity index (χ4v) is 1.45. The standard InChI is InChI=1S/C10H11BN2O3/c1-8-5-6-12-13(8)9-3-2-4-10(7-9)16-11(14)15/h2-7,14-15H,1H3. The number of hydrogen-bond acceptors (Lipinski definition) is 4. The van der Waals surface area contributed by atoms with Gasteiger partial charge in [-0.05, 0) is 25.1 Å². The second kappa shape index (κ2) is 4.38. The molecule has 0 radical (unpaired) electrons. The lowest BCUT2D eigenvalue weighted by atomic mass is 10.2. The van der Waals surface area contributed by atoms with Crippen LogP contribution in [0.2, 0.25) is 0 Å². The van der Waals surface area contributed by atoms with Crippen molar-refractivity contribution in [2.24, 2.45) is 0 Å². The van der Waals surface area contributed by atoms with E-state index in [1.165, 1.54) is 0 Å². The molecule has 0 bridgehead atoms. The molecule has 5 nitrogen and oxygen atoms in total. The summed E-state index contributed by atoms with van der Waals surface area (Å²) in [6.45, 7) is 1.93. The molecule has 1 heterocycles. The molecule has 0 aliphatic rings. The Balaban J connectivity index is 2.33. The van der Waals surface area contributed by atoms with Crippen molar-refractivity contribution in [1.29, 1.82) is 0 Å². The van der Waals surface area contributed by atoms with E-state index in [2.05, 4.69) is 5.10 Å². The van der Waals surface area contributed by atoms with Gasteiger partial charge in [-0.1, -0.05) is 6.07 Å². The van der Waals surface area contributed by atoms with Crippen LogP contribution in [-0.2, 0) is 0 Å². The van der Waals surface area contributed by atoms with Crippen molar-refractivity contribution >= 4 is 7.32 Å². The van der Waals surface area contributed by atoms with E-state index in [1.807, 2.05) is 19.1 Å². The van der Waals surface area contributed by atoms with Gasteiger partial charge >= 0.3 is 7.32 Å². The van der Waals surface area contributed by atoms with Gasteiger partial charge in [0.25, 0.3) is 0 Å². The fourth-order valence-electron chi connectivity index (χ4n) is 1.45. The number of hydrogen-bond donors (Lipinski definition) is 2. The van der Waals surface area contributed by atoms with Crippen LogP contribution in [0, 0.1) is 6.92 Å². The summed E-state index contributed by atoms with van der Waals surface area (Å²) in [5, 5.41) is 21.5. The average Bonchev–Trinajstić information content (AvgIpc) is 2.64. The topological polar surface area (TPSA) is 67.5 Å². The predicted molar refractivity (Wildman–Crippen MR) is 59.1 cm³/mol. The Morgan fingerprint density at radius 1 is 1.31 bits per heavy atom. The van der Waals surface area contributed by atoms with Gasteiger partial charge in [0.15, 0.2) is 0 Å². The highest BCUT2D eigenvalue weighted by atomic mass is 16.6. The molecule has 0 atom stereocenters. The minimum atomic E-state index is -1.81. The molecule has 82 valence electrons. The Kier molecular flexibility index (Phi) is 2.94. The van der Waals surface area contributed by atoms with E-state index >= 15 is 0 Å². The predicted octanol–water partition coefficient (Wildman–Crippen LogP) is 0.529. The average molecular weight is 218 g/mol. The molecule has 0 saturated carbocycles. The fraction of sp³-hybridized carbons (Fsp3) is 0.100. The van der Waals surface area contributed by atoms with E-state index < -0.39 is 7.32 Å². The smallest absolute Gasteiger partial charge is 0.512 e. The zero-order chi connectivity index (χ0) is 11.5. The van der Waals surface area contributed by atoms with Crippen LogP contribution in [0.15, 0.2) is 36.5 Å². The van der Waals surface area contributed by atoms with Crippen LogP contribution in [0.3, 0.4) is 0 Å². The molecule has 2 rings (SSSR count). The summed E-state index contributed by atoms with van der Waals surface area (Å²) >= 11 is 0. The zero-order valence-corrected chi connectivity index (χ0v) is 8.74. The Bertz CT molecular complexity index is 484. The minimum Gasteiger partial charge on any atom is -0.512 e. The third-order valence-corrected chi connectivity index (χ3v) is 2.14. The van der Waals surface area contributed by atoms with Crippen LogP contribution in [0.5, 0.6) is 5.75 Å². The van der Waals surface area contributed by atoms with Gasteiger partial charge in [-0.25, -0.2) is 4.68 Å². The second-order valence-electron chi connectivity index (χ2n) is 3.33. The van der Waals surface area contributed by atoms with Gasteiger partial charge in [-0.3, -0.25) is 0 Å². The van der Waals surface area contributed by atoms with E-state index in [1.54, 1.807) is 29.1 Å². The van der Waals surface area contributed by atoms with Crippen LogP contribution in [-0.4, -0.2) is 27.1 Å². The van der Waals surface area contributed by atoms with E-state index in [0.29, 0.717) is 5.75 Å². The number of rotatable bonds is 3. The summed E-state index contributed by atoms with van der Waals surface area (Å²) in [6, 6.07) is 8.82. The third-order valence-electron chi connectivity index (χ3n) is 2.14. The summed E-state index contributed by atoms with van der Waals surface area (Å²) in [5.74, 6) is 0.377. The summed E-state index contributed by atoms with van der Waals surface area (Å²) in [6.07, 6.45) is 1.70.